The second-order valence-corrected chi connectivity index (χ2v) is 14.8. The molecule has 0 bridgehead atoms. The van der Waals surface area contributed by atoms with Crippen LogP contribution < -0.4 is 4.74 Å². The number of hydrazine groups is 1. The molecule has 0 aliphatic heterocycles. The molecule has 0 aliphatic rings. The molecule has 0 radical (unpaired) electrons. The van der Waals surface area contributed by atoms with Crippen molar-refractivity contribution in [1.29, 1.82) is 0 Å². The van der Waals surface area contributed by atoms with Crippen molar-refractivity contribution >= 4 is 23.2 Å². The fourth-order valence-electron chi connectivity index (χ4n) is 6.38. The minimum absolute atomic E-state index is 0.0155. The zero-order chi connectivity index (χ0) is 42.6. The highest BCUT2D eigenvalue weighted by Gasteiger charge is 2.25. The van der Waals surface area contributed by atoms with Gasteiger partial charge in [-0.2, -0.15) is 10.2 Å². The van der Waals surface area contributed by atoms with Crippen LogP contribution >= 0.6 is 0 Å². The highest BCUT2D eigenvalue weighted by molar-refractivity contribution is 6.02. The zero-order valence-corrected chi connectivity index (χ0v) is 34.5. The molecule has 0 aliphatic carbocycles. The van der Waals surface area contributed by atoms with Gasteiger partial charge in [-0.25, -0.2) is 9.59 Å². The van der Waals surface area contributed by atoms with Crippen LogP contribution in [0.4, 0.5) is 4.79 Å². The summed E-state index contributed by atoms with van der Waals surface area (Å²) in [7, 11) is 1.63. The van der Waals surface area contributed by atoms with Gasteiger partial charge in [0.15, 0.2) is 0 Å². The number of para-hydroxylation sites is 1. The van der Waals surface area contributed by atoms with Crippen LogP contribution in [0.3, 0.4) is 0 Å². The lowest BCUT2D eigenvalue weighted by molar-refractivity contribution is -0.719. The number of aromatic nitrogens is 6. The molecule has 60 heavy (non-hydrogen) atoms. The molecule has 0 spiro atoms. The number of hydrogen-bond donors (Lipinski definition) is 1. The van der Waals surface area contributed by atoms with Crippen molar-refractivity contribution in [3.05, 3.63) is 119 Å². The number of esters is 1. The van der Waals surface area contributed by atoms with E-state index >= 15 is 0 Å². The molecule has 2 aromatic heterocycles. The van der Waals surface area contributed by atoms with Gasteiger partial charge in [0.25, 0.3) is 6.01 Å². The molecule has 17 heteroatoms. The molecule has 17 nitrogen and oxygen atoms in total. The fraction of sp³-hybridized carbons (Fsp3) is 0.349. The van der Waals surface area contributed by atoms with Crippen molar-refractivity contribution < 1.29 is 38.3 Å². The lowest BCUT2D eigenvalue weighted by Gasteiger charge is -2.26. The number of benzene rings is 4. The standard InChI is InChI=1S/C43H49N9O8/c1-7-56-41-44-37-19-13-18-36(38(37)51(41)28-30-20-22-33(23-21-30)34-16-11-12-17-35(34)39-45-47-48-46-39)40(53)59-29(2)60-42(54)57-26-24-32(31-14-9-8-10-15-31)25-27-58-49-52(55)50(6)43(3,4)5/h8-23,29,32H,7,24-28H2,1-6H3,(H,45,46,47,48)/b52-49-. The number of imidazole rings is 1. The monoisotopic (exact) mass is 819 g/mol. The topological polar surface area (TPSA) is 194 Å². The predicted octanol–water partition coefficient (Wildman–Crippen LogP) is 8.09. The number of H-pyrrole nitrogens is 1. The molecule has 2 atom stereocenters. The Bertz CT molecular complexity index is 2360. The van der Waals surface area contributed by atoms with E-state index in [1.54, 1.807) is 25.2 Å². The molecule has 6 rings (SSSR count). The van der Waals surface area contributed by atoms with E-state index in [9.17, 15) is 14.8 Å². The Morgan fingerprint density at radius 3 is 2.33 bits per heavy atom. The van der Waals surface area contributed by atoms with Crippen LogP contribution in [0.5, 0.6) is 6.01 Å². The van der Waals surface area contributed by atoms with Crippen molar-refractivity contribution in [2.45, 2.75) is 71.8 Å². The average Bonchev–Trinajstić information content (AvgIpc) is 3.90. The molecule has 0 saturated heterocycles. The summed E-state index contributed by atoms with van der Waals surface area (Å²) in [6.07, 6.45) is -1.33. The van der Waals surface area contributed by atoms with E-state index < -0.39 is 24.0 Å². The highest BCUT2D eigenvalue weighted by Crippen LogP contribution is 2.32. The van der Waals surface area contributed by atoms with Gasteiger partial charge in [-0.15, -0.1) is 15.2 Å². The van der Waals surface area contributed by atoms with E-state index in [0.717, 1.165) is 27.8 Å². The number of ether oxygens (including phenoxy) is 4. The maximum Gasteiger partial charge on any atom is 0.511 e. The summed E-state index contributed by atoms with van der Waals surface area (Å²) in [6, 6.07) is 30.9. The molecule has 6 aromatic rings. The summed E-state index contributed by atoms with van der Waals surface area (Å²) in [4.78, 5) is 36.8. The Kier molecular flexibility index (Phi) is 13.9. The molecule has 0 saturated carbocycles. The molecule has 0 amide bonds. The molecule has 4 aromatic carbocycles. The van der Waals surface area contributed by atoms with E-state index in [2.05, 4.69) is 30.9 Å². The van der Waals surface area contributed by atoms with E-state index in [-0.39, 0.29) is 24.7 Å². The van der Waals surface area contributed by atoms with Crippen LogP contribution in [0.1, 0.15) is 74.9 Å². The third-order valence-electron chi connectivity index (χ3n) is 9.75. The maximum absolute atomic E-state index is 13.7. The third kappa shape index (κ3) is 10.7. The molecular weight excluding hydrogens is 771 g/mol. The summed E-state index contributed by atoms with van der Waals surface area (Å²) in [5, 5.41) is 31.8. The smallest absolute Gasteiger partial charge is 0.511 e. The van der Waals surface area contributed by atoms with Gasteiger partial charge >= 0.3 is 12.1 Å². The number of rotatable bonds is 18. The summed E-state index contributed by atoms with van der Waals surface area (Å²) < 4.78 is 24.0. The Hall–Kier alpha value is -7.04. The molecule has 2 unspecified atom stereocenters. The van der Waals surface area contributed by atoms with Crippen molar-refractivity contribution in [3.8, 4) is 28.5 Å². The van der Waals surface area contributed by atoms with Crippen LogP contribution in [-0.4, -0.2) is 91.0 Å². The Labute approximate surface area is 347 Å². The van der Waals surface area contributed by atoms with Crippen LogP contribution in [0.25, 0.3) is 33.5 Å². The van der Waals surface area contributed by atoms with Crippen molar-refractivity contribution in [2.75, 3.05) is 26.9 Å². The second kappa shape index (κ2) is 19.6. The molecule has 2 heterocycles. The molecule has 314 valence electrons. The van der Waals surface area contributed by atoms with Gasteiger partial charge in [0.1, 0.15) is 6.61 Å². The normalized spacial score (nSPS) is 12.7. The highest BCUT2D eigenvalue weighted by atomic mass is 16.8. The van der Waals surface area contributed by atoms with Gasteiger partial charge in [-0.05, 0) is 86.1 Å². The predicted molar refractivity (Wildman–Crippen MR) is 220 cm³/mol. The van der Waals surface area contributed by atoms with Gasteiger partial charge in [-0.3, -0.25) is 4.57 Å². The number of aromatic amines is 1. The number of tetrazole rings is 1. The minimum Gasteiger partial charge on any atom is -0.569 e. The average molecular weight is 820 g/mol. The molecular formula is C43H49N9O8. The first kappa shape index (κ1) is 42.6. The number of carbonyl (C=O) groups excluding carboxylic acids is 2. The summed E-state index contributed by atoms with van der Waals surface area (Å²) in [6.45, 7) is 9.81. The van der Waals surface area contributed by atoms with Crippen LogP contribution in [0.15, 0.2) is 102 Å². The van der Waals surface area contributed by atoms with Crippen LogP contribution in [-0.2, 0) is 25.6 Å². The lowest BCUT2D eigenvalue weighted by Crippen LogP contribution is -2.42. The van der Waals surface area contributed by atoms with E-state index in [0.29, 0.717) is 53.8 Å². The number of hydrogen-bond acceptors (Lipinski definition) is 13. The lowest BCUT2D eigenvalue weighted by atomic mass is 9.93. The van der Waals surface area contributed by atoms with E-state index in [1.807, 2.05) is 111 Å². The first-order chi connectivity index (χ1) is 28.9. The van der Waals surface area contributed by atoms with Gasteiger partial charge in [-0.1, -0.05) is 84.9 Å². The number of nitrogens with zero attached hydrogens (tertiary/aromatic N) is 8. The Balaban J connectivity index is 1.08. The van der Waals surface area contributed by atoms with Crippen molar-refractivity contribution in [1.82, 2.24) is 35.2 Å². The Morgan fingerprint density at radius 2 is 1.63 bits per heavy atom. The van der Waals surface area contributed by atoms with E-state index in [1.165, 1.54) is 11.9 Å². The number of nitrogens with one attached hydrogen (secondary N) is 1. The van der Waals surface area contributed by atoms with Gasteiger partial charge in [0.05, 0.1) is 53.9 Å². The fourth-order valence-corrected chi connectivity index (χ4v) is 6.38. The first-order valence-corrected chi connectivity index (χ1v) is 19.6. The first-order valence-electron chi connectivity index (χ1n) is 19.6. The number of carbonyl (C=O) groups is 2. The third-order valence-corrected chi connectivity index (χ3v) is 9.75. The van der Waals surface area contributed by atoms with Gasteiger partial charge in [0.2, 0.25) is 17.4 Å². The van der Waals surface area contributed by atoms with Gasteiger partial charge in [0, 0.05) is 12.5 Å². The quantitative estimate of drug-likeness (QED) is 0.0219. The molecule has 1 N–H and O–H groups in total. The van der Waals surface area contributed by atoms with E-state index in [4.69, 9.17) is 23.8 Å². The second-order valence-electron chi connectivity index (χ2n) is 14.8. The zero-order valence-electron chi connectivity index (χ0n) is 34.5. The summed E-state index contributed by atoms with van der Waals surface area (Å²) in [5.74, 6) is -0.303. The molecule has 0 fully saturated rings. The summed E-state index contributed by atoms with van der Waals surface area (Å²) in [5.41, 5.74) is 5.49. The summed E-state index contributed by atoms with van der Waals surface area (Å²) >= 11 is 0. The van der Waals surface area contributed by atoms with Crippen LogP contribution in [0.2, 0.25) is 0 Å². The van der Waals surface area contributed by atoms with Gasteiger partial charge < -0.3 is 29.0 Å². The largest absolute Gasteiger partial charge is 0.569 e. The van der Waals surface area contributed by atoms with Crippen LogP contribution in [0, 0.1) is 5.21 Å². The maximum atomic E-state index is 13.7. The Morgan fingerprint density at radius 1 is 0.917 bits per heavy atom. The minimum atomic E-state index is -1.27. The van der Waals surface area contributed by atoms with Crippen molar-refractivity contribution in [2.24, 2.45) is 5.28 Å². The SMILES string of the molecule is CCOc1nc2cccc(C(=O)OC(C)OC(=O)OCCC(CCO/N=[N+](\[O-])N(C)C(C)(C)C)c3ccccc3)c2n1Cc1ccc(-c2ccccc2-c2nn[nH]n2)cc1. The van der Waals surface area contributed by atoms with Crippen molar-refractivity contribution in [3.63, 3.8) is 0 Å². The number of fused-ring (bicyclic) bond motifs is 1.